The maximum absolute atomic E-state index is 11.8. The topological polar surface area (TPSA) is 46.6 Å². The summed E-state index contributed by atoms with van der Waals surface area (Å²) in [6.07, 6.45) is 5.45. The molecule has 16 heavy (non-hydrogen) atoms. The molecule has 1 aliphatic heterocycles. The van der Waals surface area contributed by atoms with E-state index in [9.17, 15) is 9.59 Å². The van der Waals surface area contributed by atoms with Crippen molar-refractivity contribution in [3.8, 4) is 12.3 Å². The second kappa shape index (κ2) is 4.56. The van der Waals surface area contributed by atoms with Gasteiger partial charge in [-0.25, -0.2) is 4.79 Å². The highest BCUT2D eigenvalue weighted by molar-refractivity contribution is 5.83. The Kier molecular flexibility index (Phi) is 3.58. The van der Waals surface area contributed by atoms with Crippen molar-refractivity contribution in [3.63, 3.8) is 0 Å². The molecule has 0 N–H and O–H groups in total. The minimum Gasteiger partial charge on any atom is -0.444 e. The van der Waals surface area contributed by atoms with E-state index >= 15 is 0 Å². The molecule has 4 nitrogen and oxygen atoms in total. The standard InChI is InChI=1S/C12H17NO3/c1-5-9-8-10(14)6-7-13(9)11(15)16-12(2,3)4/h1,9H,6-8H2,2-4H3. The summed E-state index contributed by atoms with van der Waals surface area (Å²) in [5.41, 5.74) is -0.544. The number of carbonyl (C=O) groups excluding carboxylic acids is 2. The van der Waals surface area contributed by atoms with Crippen molar-refractivity contribution in [2.24, 2.45) is 0 Å². The molecule has 0 aromatic carbocycles. The van der Waals surface area contributed by atoms with Crippen LogP contribution < -0.4 is 0 Å². The van der Waals surface area contributed by atoms with Crippen molar-refractivity contribution in [1.82, 2.24) is 4.90 Å². The Morgan fingerprint density at radius 3 is 2.69 bits per heavy atom. The van der Waals surface area contributed by atoms with Crippen LogP contribution in [0.5, 0.6) is 0 Å². The Morgan fingerprint density at radius 2 is 2.19 bits per heavy atom. The molecule has 88 valence electrons. The molecule has 0 spiro atoms. The number of nitrogens with zero attached hydrogens (tertiary/aromatic N) is 1. The Labute approximate surface area is 95.9 Å². The number of amides is 1. The lowest BCUT2D eigenvalue weighted by molar-refractivity contribution is -0.122. The van der Waals surface area contributed by atoms with Crippen LogP contribution in [0, 0.1) is 12.3 Å². The number of carbonyl (C=O) groups is 2. The average Bonchev–Trinajstić information content (AvgIpc) is 2.14. The van der Waals surface area contributed by atoms with Crippen LogP contribution in [0.1, 0.15) is 33.6 Å². The molecule has 4 heteroatoms. The van der Waals surface area contributed by atoms with E-state index in [1.807, 2.05) is 0 Å². The van der Waals surface area contributed by atoms with Gasteiger partial charge in [0.1, 0.15) is 17.4 Å². The first-order valence-corrected chi connectivity index (χ1v) is 5.31. The highest BCUT2D eigenvalue weighted by atomic mass is 16.6. The van der Waals surface area contributed by atoms with Crippen molar-refractivity contribution >= 4 is 11.9 Å². The van der Waals surface area contributed by atoms with Crippen molar-refractivity contribution in [1.29, 1.82) is 0 Å². The predicted molar refractivity (Wildman–Crippen MR) is 59.8 cm³/mol. The van der Waals surface area contributed by atoms with Crippen LogP contribution in [-0.4, -0.2) is 35.0 Å². The number of rotatable bonds is 0. The van der Waals surface area contributed by atoms with Crippen LogP contribution in [-0.2, 0) is 9.53 Å². The van der Waals surface area contributed by atoms with Gasteiger partial charge in [0.15, 0.2) is 0 Å². The molecule has 0 aromatic heterocycles. The van der Waals surface area contributed by atoms with Gasteiger partial charge in [0.25, 0.3) is 0 Å². The zero-order valence-corrected chi connectivity index (χ0v) is 9.95. The van der Waals surface area contributed by atoms with Gasteiger partial charge >= 0.3 is 6.09 Å². The van der Waals surface area contributed by atoms with Crippen molar-refractivity contribution in [3.05, 3.63) is 0 Å². The number of hydrogen-bond donors (Lipinski definition) is 0. The van der Waals surface area contributed by atoms with Crippen LogP contribution in [0.4, 0.5) is 4.79 Å². The smallest absolute Gasteiger partial charge is 0.411 e. The van der Waals surface area contributed by atoms with Gasteiger partial charge in [-0.2, -0.15) is 0 Å². The summed E-state index contributed by atoms with van der Waals surface area (Å²) in [6.45, 7) is 5.74. The van der Waals surface area contributed by atoms with Gasteiger partial charge in [-0.3, -0.25) is 9.69 Å². The fraction of sp³-hybridized carbons (Fsp3) is 0.667. The molecule has 1 atom stereocenters. The number of ether oxygens (including phenoxy) is 1. The number of likely N-dealkylation sites (tertiary alicyclic amines) is 1. The molecule has 1 fully saturated rings. The van der Waals surface area contributed by atoms with E-state index in [1.165, 1.54) is 4.90 Å². The highest BCUT2D eigenvalue weighted by Gasteiger charge is 2.32. The summed E-state index contributed by atoms with van der Waals surface area (Å²) >= 11 is 0. The van der Waals surface area contributed by atoms with E-state index in [0.29, 0.717) is 13.0 Å². The minimum absolute atomic E-state index is 0.0998. The lowest BCUT2D eigenvalue weighted by Crippen LogP contribution is -2.47. The highest BCUT2D eigenvalue weighted by Crippen LogP contribution is 2.18. The van der Waals surface area contributed by atoms with Gasteiger partial charge in [-0.15, -0.1) is 6.42 Å². The molecule has 1 rings (SSSR count). The number of piperidine rings is 1. The van der Waals surface area contributed by atoms with Crippen LogP contribution in [0.2, 0.25) is 0 Å². The van der Waals surface area contributed by atoms with Gasteiger partial charge in [-0.05, 0) is 20.8 Å². The van der Waals surface area contributed by atoms with Gasteiger partial charge in [0.2, 0.25) is 0 Å². The van der Waals surface area contributed by atoms with Gasteiger partial charge in [0.05, 0.1) is 0 Å². The van der Waals surface area contributed by atoms with Crippen molar-refractivity contribution in [2.45, 2.75) is 45.3 Å². The van der Waals surface area contributed by atoms with E-state index < -0.39 is 17.7 Å². The lowest BCUT2D eigenvalue weighted by Gasteiger charge is -2.33. The van der Waals surface area contributed by atoms with Crippen LogP contribution in [0.3, 0.4) is 0 Å². The Balaban J connectivity index is 2.68. The average molecular weight is 223 g/mol. The predicted octanol–water partition coefficient (Wildman–Crippen LogP) is 1.59. The quantitative estimate of drug-likeness (QED) is 0.586. The van der Waals surface area contributed by atoms with Gasteiger partial charge in [0, 0.05) is 19.4 Å². The van der Waals surface area contributed by atoms with E-state index in [-0.39, 0.29) is 12.2 Å². The molecule has 0 saturated carbocycles. The molecule has 1 unspecified atom stereocenters. The van der Waals surface area contributed by atoms with E-state index in [0.717, 1.165) is 0 Å². The van der Waals surface area contributed by atoms with Crippen molar-refractivity contribution in [2.75, 3.05) is 6.54 Å². The van der Waals surface area contributed by atoms with Crippen LogP contribution >= 0.6 is 0 Å². The number of hydrogen-bond acceptors (Lipinski definition) is 3. The first kappa shape index (κ1) is 12.6. The Hall–Kier alpha value is -1.50. The maximum Gasteiger partial charge on any atom is 0.411 e. The Morgan fingerprint density at radius 1 is 1.56 bits per heavy atom. The van der Waals surface area contributed by atoms with Gasteiger partial charge < -0.3 is 4.74 Å². The Bertz CT molecular complexity index is 335. The zero-order chi connectivity index (χ0) is 12.3. The van der Waals surface area contributed by atoms with Crippen molar-refractivity contribution < 1.29 is 14.3 Å². The summed E-state index contributed by atoms with van der Waals surface area (Å²) < 4.78 is 5.22. The molecule has 0 bridgehead atoms. The summed E-state index contributed by atoms with van der Waals surface area (Å²) in [5.74, 6) is 2.56. The third-order valence-corrected chi connectivity index (χ3v) is 2.25. The fourth-order valence-electron chi connectivity index (χ4n) is 1.52. The number of ketones is 1. The summed E-state index contributed by atoms with van der Waals surface area (Å²) in [7, 11) is 0. The molecular weight excluding hydrogens is 206 g/mol. The molecule has 1 aliphatic rings. The van der Waals surface area contributed by atoms with Gasteiger partial charge in [-0.1, -0.05) is 5.92 Å². The molecule has 0 aliphatic carbocycles. The summed E-state index contributed by atoms with van der Waals surface area (Å²) in [5, 5.41) is 0. The molecule has 1 saturated heterocycles. The summed E-state index contributed by atoms with van der Waals surface area (Å²) in [6, 6.07) is -0.462. The minimum atomic E-state index is -0.544. The fourth-order valence-corrected chi connectivity index (χ4v) is 1.52. The number of Topliss-reactive ketones (excluding diaryl/α,β-unsaturated/α-hetero) is 1. The van der Waals surface area contributed by atoms with E-state index in [2.05, 4.69) is 5.92 Å². The molecule has 0 aromatic rings. The normalized spacial score (nSPS) is 21.5. The third kappa shape index (κ3) is 3.27. The lowest BCUT2D eigenvalue weighted by atomic mass is 10.0. The molecular formula is C12H17NO3. The maximum atomic E-state index is 11.8. The molecule has 0 radical (unpaired) electrons. The van der Waals surface area contributed by atoms with Crippen LogP contribution in [0.15, 0.2) is 0 Å². The third-order valence-electron chi connectivity index (χ3n) is 2.25. The first-order chi connectivity index (χ1) is 7.33. The SMILES string of the molecule is C#CC1CC(=O)CCN1C(=O)OC(C)(C)C. The first-order valence-electron chi connectivity index (χ1n) is 5.31. The second-order valence-electron chi connectivity index (χ2n) is 4.85. The molecule has 1 amide bonds. The monoisotopic (exact) mass is 223 g/mol. The largest absolute Gasteiger partial charge is 0.444 e. The van der Waals surface area contributed by atoms with E-state index in [4.69, 9.17) is 11.2 Å². The number of terminal acetylenes is 1. The second-order valence-corrected chi connectivity index (χ2v) is 4.85. The zero-order valence-electron chi connectivity index (χ0n) is 9.95. The van der Waals surface area contributed by atoms with Crippen LogP contribution in [0.25, 0.3) is 0 Å². The molecule has 1 heterocycles. The summed E-state index contributed by atoms with van der Waals surface area (Å²) in [4.78, 5) is 24.4. The van der Waals surface area contributed by atoms with E-state index in [1.54, 1.807) is 20.8 Å².